The number of carbonyl (C=O) groups excluding carboxylic acids is 2. The molecular formula is C26H44O4Sn. The van der Waals surface area contributed by atoms with Crippen LogP contribution in [0.4, 0.5) is 0 Å². The zero-order chi connectivity index (χ0) is 23.6. The van der Waals surface area contributed by atoms with Gasteiger partial charge in [0.05, 0.1) is 5.97 Å². The van der Waals surface area contributed by atoms with E-state index in [4.69, 9.17) is 0 Å². The molecule has 0 saturated carbocycles. The molecule has 0 aliphatic carbocycles. The largest absolute Gasteiger partial charge is 2.00 e. The summed E-state index contributed by atoms with van der Waals surface area (Å²) >= 11 is 0. The number of carboxylic acids is 2. The van der Waals surface area contributed by atoms with Gasteiger partial charge < -0.3 is 19.8 Å². The number of benzene rings is 1. The van der Waals surface area contributed by atoms with Gasteiger partial charge in [-0.15, -0.1) is 0 Å². The quantitative estimate of drug-likeness (QED) is 0.294. The van der Waals surface area contributed by atoms with E-state index in [1.165, 1.54) is 31.2 Å². The molecule has 5 heteroatoms. The van der Waals surface area contributed by atoms with Gasteiger partial charge in [0, 0.05) is 5.97 Å². The molecule has 0 unspecified atom stereocenters. The fourth-order valence-electron chi connectivity index (χ4n) is 1.97. The van der Waals surface area contributed by atoms with Crippen LogP contribution in [0.5, 0.6) is 0 Å². The van der Waals surface area contributed by atoms with Crippen LogP contribution in [-0.4, -0.2) is 35.8 Å². The number of aryl methyl sites for hydroxylation is 1. The maximum absolute atomic E-state index is 10.4. The van der Waals surface area contributed by atoms with E-state index in [9.17, 15) is 19.8 Å². The Labute approximate surface area is 209 Å². The van der Waals surface area contributed by atoms with Gasteiger partial charge in [-0.25, -0.2) is 0 Å². The summed E-state index contributed by atoms with van der Waals surface area (Å²) in [6.07, 6.45) is 12.2. The van der Waals surface area contributed by atoms with E-state index in [1.807, 2.05) is 12.1 Å². The van der Waals surface area contributed by atoms with Gasteiger partial charge in [-0.05, 0) is 30.4 Å². The van der Waals surface area contributed by atoms with Crippen molar-refractivity contribution in [3.05, 3.63) is 49.2 Å². The number of aliphatic carboxylic acids is 1. The molecule has 0 aromatic heterocycles. The van der Waals surface area contributed by atoms with E-state index in [2.05, 4.69) is 41.5 Å². The second-order valence-electron chi connectivity index (χ2n) is 6.98. The number of unbranched alkanes of at least 4 members (excludes halogenated alkanes) is 6. The molecule has 1 rings (SSSR count). The van der Waals surface area contributed by atoms with Crippen molar-refractivity contribution >= 4 is 35.8 Å². The Bertz CT molecular complexity index is 479. The molecule has 0 aliphatic rings. The number of aromatic carboxylic acids is 1. The minimum Gasteiger partial charge on any atom is -0.550 e. The predicted molar refractivity (Wildman–Crippen MR) is 129 cm³/mol. The van der Waals surface area contributed by atoms with Crippen LogP contribution in [0.1, 0.15) is 114 Å². The SMILES string of the molecule is CCCCCCCC(=O)[O-].CCCc1ccc(C(=O)[O-])cc1.[CH2]CCC.[CH2]CCC.[Sn+2]. The molecule has 1 aromatic carbocycles. The van der Waals surface area contributed by atoms with Gasteiger partial charge in [0.2, 0.25) is 0 Å². The molecule has 0 amide bonds. The summed E-state index contributed by atoms with van der Waals surface area (Å²) in [7, 11) is 0. The van der Waals surface area contributed by atoms with Crippen molar-refractivity contribution in [2.45, 2.75) is 105 Å². The molecule has 176 valence electrons. The molecule has 0 spiro atoms. The molecule has 0 fully saturated rings. The van der Waals surface area contributed by atoms with Crippen LogP contribution < -0.4 is 10.2 Å². The molecule has 1 aromatic rings. The monoisotopic (exact) mass is 540 g/mol. The van der Waals surface area contributed by atoms with E-state index in [0.29, 0.717) is 0 Å². The topological polar surface area (TPSA) is 80.3 Å². The van der Waals surface area contributed by atoms with E-state index in [1.54, 1.807) is 12.1 Å². The molecule has 0 saturated heterocycles. The average Bonchev–Trinajstić information content (AvgIpc) is 2.75. The summed E-state index contributed by atoms with van der Waals surface area (Å²) < 4.78 is 0. The molecule has 0 aliphatic heterocycles. The van der Waals surface area contributed by atoms with Crippen molar-refractivity contribution in [1.82, 2.24) is 0 Å². The van der Waals surface area contributed by atoms with Crippen molar-refractivity contribution in [3.8, 4) is 0 Å². The Morgan fingerprint density at radius 1 is 0.742 bits per heavy atom. The van der Waals surface area contributed by atoms with E-state index in [0.717, 1.165) is 44.9 Å². The Hall–Kier alpha value is -1.04. The summed E-state index contributed by atoms with van der Waals surface area (Å²) in [5.74, 6) is -2.03. The summed E-state index contributed by atoms with van der Waals surface area (Å²) in [5, 5.41) is 20.3. The van der Waals surface area contributed by atoms with Crippen LogP contribution in [0, 0.1) is 13.8 Å². The second-order valence-corrected chi connectivity index (χ2v) is 6.98. The molecule has 0 N–H and O–H groups in total. The second kappa shape index (κ2) is 31.1. The molecule has 0 heterocycles. The summed E-state index contributed by atoms with van der Waals surface area (Å²) in [6, 6.07) is 6.82. The zero-order valence-corrected chi connectivity index (χ0v) is 23.2. The number of carbonyl (C=O) groups is 2. The van der Waals surface area contributed by atoms with Crippen LogP contribution in [0.15, 0.2) is 24.3 Å². The number of hydrogen-bond acceptors (Lipinski definition) is 4. The van der Waals surface area contributed by atoms with Crippen LogP contribution in [0.3, 0.4) is 0 Å². The van der Waals surface area contributed by atoms with Crippen molar-refractivity contribution in [2.75, 3.05) is 0 Å². The van der Waals surface area contributed by atoms with Gasteiger partial charge in [-0.2, -0.15) is 0 Å². The minimum atomic E-state index is -1.11. The van der Waals surface area contributed by atoms with Gasteiger partial charge in [0.15, 0.2) is 0 Å². The maximum Gasteiger partial charge on any atom is 2.00 e. The molecular weight excluding hydrogens is 495 g/mol. The average molecular weight is 539 g/mol. The van der Waals surface area contributed by atoms with Crippen molar-refractivity contribution in [1.29, 1.82) is 0 Å². The summed E-state index contributed by atoms with van der Waals surface area (Å²) in [4.78, 5) is 20.3. The Balaban J connectivity index is -0.000000173. The summed E-state index contributed by atoms with van der Waals surface area (Å²) in [6.45, 7) is 15.7. The third kappa shape index (κ3) is 33.8. The first-order chi connectivity index (χ1) is 14.3. The van der Waals surface area contributed by atoms with Crippen molar-refractivity contribution < 1.29 is 19.8 Å². The maximum atomic E-state index is 10.4. The first kappa shape index (κ1) is 37.3. The first-order valence-corrected chi connectivity index (χ1v) is 11.4. The molecule has 4 radical (unpaired) electrons. The fraction of sp³-hybridized carbons (Fsp3) is 0.615. The normalized spacial score (nSPS) is 8.84. The van der Waals surface area contributed by atoms with Gasteiger partial charge in [-0.1, -0.05) is 124 Å². The Morgan fingerprint density at radius 3 is 1.52 bits per heavy atom. The minimum absolute atomic E-state index is 0. The first-order valence-electron chi connectivity index (χ1n) is 11.4. The van der Waals surface area contributed by atoms with E-state index in [-0.39, 0.29) is 35.9 Å². The smallest absolute Gasteiger partial charge is 0.550 e. The van der Waals surface area contributed by atoms with E-state index < -0.39 is 11.9 Å². The van der Waals surface area contributed by atoms with Crippen LogP contribution in [-0.2, 0) is 11.2 Å². The fourth-order valence-corrected chi connectivity index (χ4v) is 1.97. The van der Waals surface area contributed by atoms with Crippen molar-refractivity contribution in [2.24, 2.45) is 0 Å². The van der Waals surface area contributed by atoms with Gasteiger partial charge in [0.25, 0.3) is 0 Å². The van der Waals surface area contributed by atoms with Crippen LogP contribution >= 0.6 is 0 Å². The molecule has 0 bridgehead atoms. The van der Waals surface area contributed by atoms with Gasteiger partial charge in [-0.3, -0.25) is 0 Å². The van der Waals surface area contributed by atoms with Crippen molar-refractivity contribution in [3.63, 3.8) is 0 Å². The van der Waals surface area contributed by atoms with Gasteiger partial charge >= 0.3 is 23.9 Å². The van der Waals surface area contributed by atoms with Gasteiger partial charge in [0.1, 0.15) is 0 Å². The third-order valence-electron chi connectivity index (χ3n) is 3.92. The summed E-state index contributed by atoms with van der Waals surface area (Å²) in [5.41, 5.74) is 1.41. The zero-order valence-electron chi connectivity index (χ0n) is 20.3. The predicted octanol–water partition coefficient (Wildman–Crippen LogP) is 4.96. The van der Waals surface area contributed by atoms with E-state index >= 15 is 0 Å². The number of carboxylic acid groups (broad SMARTS) is 2. The Morgan fingerprint density at radius 2 is 1.19 bits per heavy atom. The number of hydrogen-bond donors (Lipinski definition) is 0. The molecule has 31 heavy (non-hydrogen) atoms. The third-order valence-corrected chi connectivity index (χ3v) is 3.92. The van der Waals surface area contributed by atoms with Crippen LogP contribution in [0.2, 0.25) is 0 Å². The number of rotatable bonds is 11. The molecule has 0 atom stereocenters. The molecule has 4 nitrogen and oxygen atoms in total. The Kier molecular flexibility index (Phi) is 37.5. The standard InChI is InChI=1S/C10H12O2.C8H16O2.2C4H9.Sn/c1-2-3-8-4-6-9(7-5-8)10(11)12;1-2-3-4-5-6-7-8(9)10;2*1-3-4-2;/h4-7H,2-3H2,1H3,(H,11,12);2-7H2,1H3,(H,9,10);2*1,3-4H2,2H3;/q;;;;+2/p-2. The van der Waals surface area contributed by atoms with Crippen LogP contribution in [0.25, 0.3) is 0 Å².